The van der Waals surface area contributed by atoms with Crippen LogP contribution in [0.3, 0.4) is 0 Å². The summed E-state index contributed by atoms with van der Waals surface area (Å²) < 4.78 is 0. The van der Waals surface area contributed by atoms with Gasteiger partial charge in [-0.05, 0) is 10.4 Å². The molecule has 2 aromatic rings. The maximum absolute atomic E-state index is 11.8. The minimum Gasteiger partial charge on any atom is -0.889 e. The Morgan fingerprint density at radius 3 is 2.06 bits per heavy atom. The summed E-state index contributed by atoms with van der Waals surface area (Å²) in [4.78, 5) is 0. The minimum absolute atomic E-state index is 0. The molecule has 0 N–H and O–H groups in total. The quantitative estimate of drug-likeness (QED) is 0.471. The van der Waals surface area contributed by atoms with Crippen LogP contribution in [-0.4, -0.2) is 0 Å². The molecule has 0 saturated heterocycles. The molecule has 0 bridgehead atoms. The Kier molecular flexibility index (Phi) is 7.68. The van der Waals surface area contributed by atoms with E-state index in [1.165, 1.54) is 0 Å². The molecule has 18 heavy (non-hydrogen) atoms. The molecule has 0 saturated carbocycles. The average molecular weight is 223 g/mol. The predicted octanol–water partition coefficient (Wildman–Crippen LogP) is -4.76. The molecule has 0 aliphatic carbocycles. The molecule has 0 aliphatic rings. The number of hydrogen-bond donors (Lipinski definition) is 0. The van der Waals surface area contributed by atoms with Crippen LogP contribution in [0.2, 0.25) is 0 Å². The van der Waals surface area contributed by atoms with Crippen molar-refractivity contribution >= 4 is 18.1 Å². The predicted molar refractivity (Wildman–Crippen MR) is 64.1 cm³/mol. The third-order valence-electron chi connectivity index (χ3n) is 2.23. The molecule has 0 spiro atoms. The fourth-order valence-corrected chi connectivity index (χ4v) is 1.41. The second-order valence-electron chi connectivity index (χ2n) is 3.41. The standard InChI is InChI=1S/C14H12NO.2Li/c1-11-7-5-6-10-13(11)14(16)15-12-8-3-2-4-9-12;;/h2-10,16H,1H2;;/q-1;2*+1/p-1/b14-13-;;. The van der Waals surface area contributed by atoms with E-state index >= 15 is 0 Å². The molecular weight excluding hydrogens is 212 g/mol. The van der Waals surface area contributed by atoms with Gasteiger partial charge in [0.25, 0.3) is 0 Å². The van der Waals surface area contributed by atoms with Gasteiger partial charge in [0.15, 0.2) is 0 Å². The number of rotatable bonds is 2. The van der Waals surface area contributed by atoms with Crippen molar-refractivity contribution in [3.8, 4) is 0 Å². The van der Waals surface area contributed by atoms with Gasteiger partial charge in [0.2, 0.25) is 0 Å². The first-order valence-corrected chi connectivity index (χ1v) is 4.99. The number of para-hydroxylation sites is 1. The molecule has 2 nitrogen and oxygen atoms in total. The first-order chi connectivity index (χ1) is 7.77. The molecule has 0 radical (unpaired) electrons. The Morgan fingerprint density at radius 2 is 1.44 bits per heavy atom. The van der Waals surface area contributed by atoms with E-state index < -0.39 is 0 Å². The summed E-state index contributed by atoms with van der Waals surface area (Å²) in [5.74, 6) is -0.253. The average Bonchev–Trinajstić information content (AvgIpc) is 2.31. The second kappa shape index (κ2) is 8.14. The number of nitrogens with zero attached hydrogens (tertiary/aromatic N) is 1. The summed E-state index contributed by atoms with van der Waals surface area (Å²) in [6.45, 7) is 3.80. The SMILES string of the molecule is C=c1cccc/c1=C(/[O-])[N-]c1ccccc1.[Li+].[Li+]. The summed E-state index contributed by atoms with van der Waals surface area (Å²) in [7, 11) is 0. The number of benzene rings is 2. The fourth-order valence-electron chi connectivity index (χ4n) is 1.41. The van der Waals surface area contributed by atoms with E-state index in [2.05, 4.69) is 11.9 Å². The van der Waals surface area contributed by atoms with Crippen molar-refractivity contribution in [1.29, 1.82) is 0 Å². The number of hydrogen-bond acceptors (Lipinski definition) is 1. The second-order valence-corrected chi connectivity index (χ2v) is 3.41. The third kappa shape index (κ3) is 4.33. The molecule has 2 aromatic carbocycles. The summed E-state index contributed by atoms with van der Waals surface area (Å²) >= 11 is 0. The van der Waals surface area contributed by atoms with Crippen molar-refractivity contribution in [3.63, 3.8) is 0 Å². The van der Waals surface area contributed by atoms with Crippen molar-refractivity contribution in [2.75, 3.05) is 0 Å². The monoisotopic (exact) mass is 223 g/mol. The van der Waals surface area contributed by atoms with Crippen LogP contribution in [0, 0.1) is 0 Å². The van der Waals surface area contributed by atoms with Crippen LogP contribution in [0.25, 0.3) is 17.8 Å². The van der Waals surface area contributed by atoms with Gasteiger partial charge in [0.1, 0.15) is 0 Å². The van der Waals surface area contributed by atoms with Crippen molar-refractivity contribution < 1.29 is 42.8 Å². The molecule has 0 unspecified atom stereocenters. The first-order valence-electron chi connectivity index (χ1n) is 4.99. The minimum atomic E-state index is -0.253. The van der Waals surface area contributed by atoms with Gasteiger partial charge in [-0.2, -0.15) is 0 Å². The fraction of sp³-hybridized carbons (Fsp3) is 0. The van der Waals surface area contributed by atoms with E-state index in [0.717, 1.165) is 0 Å². The first kappa shape index (κ1) is 17.0. The van der Waals surface area contributed by atoms with Crippen LogP contribution < -0.4 is 53.3 Å². The Balaban J connectivity index is 0.00000144. The largest absolute Gasteiger partial charge is 1.00 e. The van der Waals surface area contributed by atoms with Gasteiger partial charge in [0.05, 0.1) is 0 Å². The maximum Gasteiger partial charge on any atom is 1.00 e. The summed E-state index contributed by atoms with van der Waals surface area (Å²) in [5, 5.41) is 17.1. The Bertz CT molecular complexity index is 584. The molecule has 0 aliphatic heterocycles. The molecular formula is C14H11Li2NO. The molecule has 2 rings (SSSR count). The zero-order chi connectivity index (χ0) is 11.4. The zero-order valence-corrected chi connectivity index (χ0v) is 10.8. The molecule has 0 amide bonds. The molecule has 0 fully saturated rings. The Morgan fingerprint density at radius 1 is 0.889 bits per heavy atom. The van der Waals surface area contributed by atoms with Gasteiger partial charge in [-0.1, -0.05) is 61.2 Å². The van der Waals surface area contributed by atoms with Crippen LogP contribution in [0.5, 0.6) is 0 Å². The molecule has 80 valence electrons. The van der Waals surface area contributed by atoms with Crippen molar-refractivity contribution in [2.24, 2.45) is 0 Å². The van der Waals surface area contributed by atoms with E-state index in [1.54, 1.807) is 24.3 Å². The van der Waals surface area contributed by atoms with Crippen LogP contribution in [-0.2, 0) is 0 Å². The summed E-state index contributed by atoms with van der Waals surface area (Å²) in [6.07, 6.45) is 0. The topological polar surface area (TPSA) is 37.2 Å². The van der Waals surface area contributed by atoms with Crippen molar-refractivity contribution in [3.05, 3.63) is 70.4 Å². The molecule has 0 aromatic heterocycles. The van der Waals surface area contributed by atoms with E-state index in [4.69, 9.17) is 0 Å². The van der Waals surface area contributed by atoms with E-state index in [9.17, 15) is 5.11 Å². The van der Waals surface area contributed by atoms with Gasteiger partial charge in [-0.25, -0.2) is 5.88 Å². The van der Waals surface area contributed by atoms with Crippen molar-refractivity contribution in [1.82, 2.24) is 0 Å². The smallest absolute Gasteiger partial charge is 0.889 e. The molecule has 0 atom stereocenters. The third-order valence-corrected chi connectivity index (χ3v) is 2.23. The van der Waals surface area contributed by atoms with Crippen LogP contribution in [0.15, 0.2) is 54.6 Å². The van der Waals surface area contributed by atoms with Crippen LogP contribution >= 0.6 is 0 Å². The molecule has 0 heterocycles. The Hall–Kier alpha value is -1.03. The van der Waals surface area contributed by atoms with Crippen LogP contribution in [0.1, 0.15) is 0 Å². The van der Waals surface area contributed by atoms with Gasteiger partial charge >= 0.3 is 37.7 Å². The summed E-state index contributed by atoms with van der Waals surface area (Å²) in [5.41, 5.74) is 0.663. The van der Waals surface area contributed by atoms with Gasteiger partial charge in [-0.15, -0.1) is 5.69 Å². The van der Waals surface area contributed by atoms with Crippen LogP contribution in [0.4, 0.5) is 5.69 Å². The van der Waals surface area contributed by atoms with Gasteiger partial charge in [-0.3, -0.25) is 0 Å². The van der Waals surface area contributed by atoms with Crippen molar-refractivity contribution in [2.45, 2.75) is 0 Å². The van der Waals surface area contributed by atoms with E-state index in [1.807, 2.05) is 30.3 Å². The Labute approximate surface area is 131 Å². The van der Waals surface area contributed by atoms with E-state index in [-0.39, 0.29) is 43.6 Å². The van der Waals surface area contributed by atoms with E-state index in [0.29, 0.717) is 16.1 Å². The molecule has 4 heteroatoms. The zero-order valence-electron chi connectivity index (χ0n) is 10.8. The van der Waals surface area contributed by atoms with Gasteiger partial charge < -0.3 is 10.4 Å². The maximum atomic E-state index is 11.8. The normalized spacial score (nSPS) is 10.7. The summed E-state index contributed by atoms with van der Waals surface area (Å²) in [6, 6.07) is 16.4. The van der Waals surface area contributed by atoms with Gasteiger partial charge in [0, 0.05) is 0 Å².